The van der Waals surface area contributed by atoms with Crippen LogP contribution in [0, 0.1) is 11.3 Å². The van der Waals surface area contributed by atoms with E-state index in [4.69, 9.17) is 28.5 Å². The van der Waals surface area contributed by atoms with Gasteiger partial charge < -0.3 is 15.1 Å². The van der Waals surface area contributed by atoms with E-state index in [1.165, 1.54) is 0 Å². The van der Waals surface area contributed by atoms with Gasteiger partial charge >= 0.3 is 0 Å². The number of carbonyl (C=O) groups is 2. The van der Waals surface area contributed by atoms with Crippen molar-refractivity contribution >= 4 is 46.4 Å². The number of nitrogens with zero attached hydrogens (tertiary/aromatic N) is 2. The predicted molar refractivity (Wildman–Crippen MR) is 111 cm³/mol. The van der Waals surface area contributed by atoms with Gasteiger partial charge in [0, 0.05) is 12.2 Å². The maximum absolute atomic E-state index is 12.7. The largest absolute Gasteiger partial charge is 0.322 e. The Morgan fingerprint density at radius 1 is 1.07 bits per heavy atom. The number of hydrogen-bond donors (Lipinski definition) is 2. The van der Waals surface area contributed by atoms with Gasteiger partial charge in [0.2, 0.25) is 0 Å². The van der Waals surface area contributed by atoms with Crippen LogP contribution in [0.2, 0.25) is 10.0 Å². The number of benzene rings is 2. The molecule has 2 N–H and O–H groups in total. The van der Waals surface area contributed by atoms with Gasteiger partial charge in [-0.05, 0) is 24.3 Å². The molecule has 0 aliphatic rings. The molecule has 2 rings (SSSR count). The molecule has 0 aliphatic carbocycles. The molecule has 0 heterocycles. The van der Waals surface area contributed by atoms with Gasteiger partial charge in [0.15, 0.2) is 13.1 Å². The summed E-state index contributed by atoms with van der Waals surface area (Å²) in [5.41, 5.74) is 1.08. The number of likely N-dealkylation sites (N-methyl/N-ethyl adjacent to an activating group) is 1. The Balaban J connectivity index is 1.98. The number of amides is 2. The fourth-order valence-corrected chi connectivity index (χ4v) is 3.15. The summed E-state index contributed by atoms with van der Waals surface area (Å²) in [6.07, 6.45) is 0.227. The highest BCUT2D eigenvalue weighted by Gasteiger charge is 2.21. The van der Waals surface area contributed by atoms with E-state index in [9.17, 15) is 9.59 Å². The number of nitriles is 1. The Labute approximate surface area is 174 Å². The second kappa shape index (κ2) is 10.7. The summed E-state index contributed by atoms with van der Waals surface area (Å²) >= 11 is 12.1. The van der Waals surface area contributed by atoms with Crippen LogP contribution in [-0.2, 0) is 9.59 Å². The minimum atomic E-state index is -0.302. The van der Waals surface area contributed by atoms with Crippen molar-refractivity contribution in [2.45, 2.75) is 6.42 Å². The summed E-state index contributed by atoms with van der Waals surface area (Å²) in [6, 6.07) is 16.2. The Morgan fingerprint density at radius 2 is 1.71 bits per heavy atom. The first-order chi connectivity index (χ1) is 13.4. The van der Waals surface area contributed by atoms with Crippen molar-refractivity contribution in [1.82, 2.24) is 0 Å². The zero-order valence-electron chi connectivity index (χ0n) is 15.4. The highest BCUT2D eigenvalue weighted by Crippen LogP contribution is 2.29. The van der Waals surface area contributed by atoms with Crippen LogP contribution >= 0.6 is 23.2 Å². The van der Waals surface area contributed by atoms with E-state index in [1.54, 1.807) is 30.1 Å². The molecule has 8 heteroatoms. The fourth-order valence-electron chi connectivity index (χ4n) is 2.66. The summed E-state index contributed by atoms with van der Waals surface area (Å²) in [5, 5.41) is 12.2. The predicted octanol–water partition coefficient (Wildman–Crippen LogP) is 2.39. The third-order valence-corrected chi connectivity index (χ3v) is 4.59. The van der Waals surface area contributed by atoms with Gasteiger partial charge in [-0.1, -0.05) is 47.5 Å². The smallest absolute Gasteiger partial charge is 0.282 e. The molecule has 0 radical (unpaired) electrons. The van der Waals surface area contributed by atoms with Crippen LogP contribution in [0.15, 0.2) is 48.5 Å². The number of quaternary nitrogens is 1. The molecule has 2 aromatic carbocycles. The molecule has 1 unspecified atom stereocenters. The molecular weight excluding hydrogens is 399 g/mol. The molecule has 2 aromatic rings. The average molecular weight is 420 g/mol. The van der Waals surface area contributed by atoms with Gasteiger partial charge in [0.1, 0.15) is 0 Å². The third-order valence-electron chi connectivity index (χ3n) is 3.96. The van der Waals surface area contributed by atoms with Gasteiger partial charge in [0.25, 0.3) is 11.8 Å². The summed E-state index contributed by atoms with van der Waals surface area (Å²) in [6.45, 7) is 0.465. The first-order valence-corrected chi connectivity index (χ1v) is 9.45. The first-order valence-electron chi connectivity index (χ1n) is 8.70. The van der Waals surface area contributed by atoms with E-state index in [2.05, 4.69) is 11.4 Å². The molecular formula is C20H21Cl2N4O2+. The van der Waals surface area contributed by atoms with Crippen LogP contribution in [0.25, 0.3) is 0 Å². The fraction of sp³-hybridized carbons (Fsp3) is 0.250. The van der Waals surface area contributed by atoms with Gasteiger partial charge in [-0.15, -0.1) is 0 Å². The molecule has 0 bridgehead atoms. The summed E-state index contributed by atoms with van der Waals surface area (Å²) in [4.78, 5) is 27.3. The molecule has 2 amide bonds. The van der Waals surface area contributed by atoms with Gasteiger partial charge in [0.05, 0.1) is 35.3 Å². The van der Waals surface area contributed by atoms with E-state index in [0.29, 0.717) is 27.2 Å². The normalized spacial score (nSPS) is 11.4. The van der Waals surface area contributed by atoms with Crippen molar-refractivity contribution in [3.63, 3.8) is 0 Å². The van der Waals surface area contributed by atoms with Gasteiger partial charge in [-0.2, -0.15) is 5.26 Å². The Bertz CT molecular complexity index is 848. The van der Waals surface area contributed by atoms with Gasteiger partial charge in [-0.25, -0.2) is 0 Å². The number of carbonyl (C=O) groups excluding carboxylic acids is 2. The van der Waals surface area contributed by atoms with Crippen molar-refractivity contribution in [2.75, 3.05) is 36.9 Å². The zero-order valence-corrected chi connectivity index (χ0v) is 16.9. The Morgan fingerprint density at radius 3 is 2.32 bits per heavy atom. The highest BCUT2D eigenvalue weighted by atomic mass is 35.5. The van der Waals surface area contributed by atoms with Crippen molar-refractivity contribution in [1.29, 1.82) is 5.26 Å². The maximum Gasteiger partial charge on any atom is 0.282 e. The molecule has 0 fully saturated rings. The first kappa shape index (κ1) is 21.7. The quantitative estimate of drug-likeness (QED) is 0.689. The monoisotopic (exact) mass is 419 g/mol. The minimum Gasteiger partial charge on any atom is -0.322 e. The van der Waals surface area contributed by atoms with E-state index < -0.39 is 0 Å². The molecule has 0 aliphatic heterocycles. The average Bonchev–Trinajstić information content (AvgIpc) is 2.66. The topological polar surface area (TPSA) is 77.6 Å². The van der Waals surface area contributed by atoms with Crippen molar-refractivity contribution in [3.05, 3.63) is 58.6 Å². The van der Waals surface area contributed by atoms with Crippen LogP contribution in [0.3, 0.4) is 0 Å². The molecule has 28 heavy (non-hydrogen) atoms. The van der Waals surface area contributed by atoms with Crippen LogP contribution < -0.4 is 15.1 Å². The van der Waals surface area contributed by atoms with Crippen molar-refractivity contribution in [3.8, 4) is 6.07 Å². The summed E-state index contributed by atoms with van der Waals surface area (Å²) < 4.78 is 0. The Hall–Kier alpha value is -2.59. The second-order valence-electron chi connectivity index (χ2n) is 6.24. The van der Waals surface area contributed by atoms with Crippen LogP contribution in [0.5, 0.6) is 0 Å². The molecule has 0 saturated carbocycles. The Kier molecular flexibility index (Phi) is 8.27. The number of nitrogens with one attached hydrogen (secondary N) is 2. The third kappa shape index (κ3) is 6.24. The summed E-state index contributed by atoms with van der Waals surface area (Å²) in [5.74, 6) is -0.467. The number of hydrogen-bond acceptors (Lipinski definition) is 3. The molecule has 1 atom stereocenters. The molecule has 0 aromatic heterocycles. The lowest BCUT2D eigenvalue weighted by Gasteiger charge is -2.23. The van der Waals surface area contributed by atoms with Crippen LogP contribution in [0.4, 0.5) is 11.4 Å². The zero-order chi connectivity index (χ0) is 20.5. The van der Waals surface area contributed by atoms with E-state index >= 15 is 0 Å². The maximum atomic E-state index is 12.7. The minimum absolute atomic E-state index is 0.0637. The van der Waals surface area contributed by atoms with E-state index in [1.807, 2.05) is 30.3 Å². The summed E-state index contributed by atoms with van der Waals surface area (Å²) in [7, 11) is 1.75. The molecule has 146 valence electrons. The highest BCUT2D eigenvalue weighted by molar-refractivity contribution is 6.39. The van der Waals surface area contributed by atoms with Gasteiger partial charge in [-0.3, -0.25) is 9.59 Å². The SMILES string of the molecule is C[NH+](CC(=O)Nc1c(Cl)cccc1Cl)CC(=O)N(CCC#N)c1ccccc1. The number of halogens is 2. The lowest BCUT2D eigenvalue weighted by Crippen LogP contribution is -3.11. The molecule has 0 saturated heterocycles. The molecule has 0 spiro atoms. The lowest BCUT2D eigenvalue weighted by atomic mass is 10.2. The standard InChI is InChI=1S/C20H20Cl2N4O2/c1-25(13-18(27)24-20-16(21)9-5-10-17(20)22)14-19(28)26(12-6-11-23)15-7-3-2-4-8-15/h2-5,7-10H,6,12-14H2,1H3,(H,24,27)/p+1. The van der Waals surface area contributed by atoms with E-state index in [0.717, 1.165) is 5.69 Å². The van der Waals surface area contributed by atoms with Crippen molar-refractivity contribution in [2.24, 2.45) is 0 Å². The second-order valence-corrected chi connectivity index (χ2v) is 7.06. The number of rotatable bonds is 8. The van der Waals surface area contributed by atoms with Crippen molar-refractivity contribution < 1.29 is 14.5 Å². The van der Waals surface area contributed by atoms with Crippen LogP contribution in [-0.4, -0.2) is 38.5 Å². The number of para-hydroxylation sites is 2. The number of anilines is 2. The van der Waals surface area contributed by atoms with Crippen LogP contribution in [0.1, 0.15) is 6.42 Å². The lowest BCUT2D eigenvalue weighted by molar-refractivity contribution is -0.862. The molecule has 6 nitrogen and oxygen atoms in total. The van der Waals surface area contributed by atoms with E-state index in [-0.39, 0.29) is 31.3 Å².